The fourth-order valence-corrected chi connectivity index (χ4v) is 4.45. The van der Waals surface area contributed by atoms with Gasteiger partial charge in [-0.15, -0.1) is 11.8 Å². The highest BCUT2D eigenvalue weighted by Crippen LogP contribution is 2.36. The van der Waals surface area contributed by atoms with Crippen molar-refractivity contribution in [2.45, 2.75) is 42.4 Å². The van der Waals surface area contributed by atoms with E-state index in [0.717, 1.165) is 35.7 Å². The average Bonchev–Trinajstić information content (AvgIpc) is 2.68. The van der Waals surface area contributed by atoms with Gasteiger partial charge in [-0.25, -0.2) is 0 Å². The molecule has 1 aliphatic heterocycles. The van der Waals surface area contributed by atoms with Gasteiger partial charge in [0.25, 0.3) is 0 Å². The molecular weight excluding hydrogens is 346 g/mol. The van der Waals surface area contributed by atoms with Crippen molar-refractivity contribution >= 4 is 17.7 Å². The number of hydrogen-bond donors (Lipinski definition) is 1. The molecule has 0 spiro atoms. The molecule has 4 nitrogen and oxygen atoms in total. The number of carbonyl (C=O) groups is 1. The molecule has 4 rings (SSSR count). The molecule has 0 saturated heterocycles. The number of aryl methyl sites for hydroxylation is 1. The number of benzene rings is 2. The summed E-state index contributed by atoms with van der Waals surface area (Å²) in [6.07, 6.45) is 3.22. The van der Waals surface area contributed by atoms with Crippen LogP contribution < -0.4 is 14.8 Å². The lowest BCUT2D eigenvalue weighted by Gasteiger charge is -2.27. The molecule has 0 saturated carbocycles. The molecule has 0 unspecified atom stereocenters. The predicted molar refractivity (Wildman–Crippen MR) is 103 cm³/mol. The lowest BCUT2D eigenvalue weighted by atomic mass is 9.88. The van der Waals surface area contributed by atoms with Gasteiger partial charge in [0, 0.05) is 4.90 Å². The second kappa shape index (κ2) is 7.62. The minimum absolute atomic E-state index is 0.0755. The summed E-state index contributed by atoms with van der Waals surface area (Å²) >= 11 is 1.55. The molecule has 0 bridgehead atoms. The number of nitrogens with one attached hydrogen (secondary N) is 1. The zero-order valence-electron chi connectivity index (χ0n) is 14.9. The molecule has 1 N–H and O–H groups in total. The van der Waals surface area contributed by atoms with E-state index in [9.17, 15) is 4.79 Å². The van der Waals surface area contributed by atoms with Crippen LogP contribution in [-0.4, -0.2) is 24.4 Å². The second-order valence-electron chi connectivity index (χ2n) is 6.72. The Hall–Kier alpha value is -2.14. The number of fused-ring (bicyclic) bond motifs is 2. The normalized spacial score (nSPS) is 19.3. The van der Waals surface area contributed by atoms with E-state index in [-0.39, 0.29) is 17.2 Å². The Morgan fingerprint density at radius 2 is 1.96 bits per heavy atom. The molecular formula is C21H23NO3S. The fourth-order valence-electron chi connectivity index (χ4n) is 3.55. The van der Waals surface area contributed by atoms with Crippen molar-refractivity contribution in [3.05, 3.63) is 53.6 Å². The number of carbonyl (C=O) groups excluding carboxylic acids is 1. The quantitative estimate of drug-likeness (QED) is 0.823. The largest absolute Gasteiger partial charge is 0.486 e. The van der Waals surface area contributed by atoms with Crippen molar-refractivity contribution < 1.29 is 14.3 Å². The van der Waals surface area contributed by atoms with Crippen molar-refractivity contribution in [1.29, 1.82) is 0 Å². The molecule has 2 aromatic rings. The molecule has 26 heavy (non-hydrogen) atoms. The molecule has 2 atom stereocenters. The van der Waals surface area contributed by atoms with Gasteiger partial charge in [-0.05, 0) is 55.5 Å². The fraction of sp³-hybridized carbons (Fsp3) is 0.381. The molecule has 0 fully saturated rings. The molecule has 1 heterocycles. The number of ether oxygens (including phenoxy) is 2. The SMILES string of the molecule is C[C@@H](Sc1ccc2c(c1)OCCO2)C(=O)N[C@@H]1CCCc2ccccc21. The van der Waals surface area contributed by atoms with Gasteiger partial charge in [-0.1, -0.05) is 24.3 Å². The van der Waals surface area contributed by atoms with E-state index < -0.39 is 0 Å². The molecule has 1 amide bonds. The molecule has 2 aromatic carbocycles. The Balaban J connectivity index is 1.41. The van der Waals surface area contributed by atoms with Gasteiger partial charge >= 0.3 is 0 Å². The Morgan fingerprint density at radius 3 is 2.85 bits per heavy atom. The van der Waals surface area contributed by atoms with E-state index in [2.05, 4.69) is 29.6 Å². The first-order valence-electron chi connectivity index (χ1n) is 9.15. The molecule has 0 aromatic heterocycles. The molecule has 5 heteroatoms. The van der Waals surface area contributed by atoms with E-state index in [0.29, 0.717) is 13.2 Å². The number of thioether (sulfide) groups is 1. The van der Waals surface area contributed by atoms with Crippen LogP contribution in [0.4, 0.5) is 0 Å². The first-order valence-corrected chi connectivity index (χ1v) is 10.0. The predicted octanol–water partition coefficient (Wildman–Crippen LogP) is 4.13. The highest BCUT2D eigenvalue weighted by atomic mass is 32.2. The van der Waals surface area contributed by atoms with Crippen molar-refractivity contribution in [1.82, 2.24) is 5.32 Å². The zero-order chi connectivity index (χ0) is 17.9. The van der Waals surface area contributed by atoms with Crippen LogP contribution in [0, 0.1) is 0 Å². The van der Waals surface area contributed by atoms with Crippen LogP contribution in [0.3, 0.4) is 0 Å². The van der Waals surface area contributed by atoms with E-state index in [1.54, 1.807) is 11.8 Å². The van der Waals surface area contributed by atoms with Crippen LogP contribution in [0.25, 0.3) is 0 Å². The van der Waals surface area contributed by atoms with Gasteiger partial charge < -0.3 is 14.8 Å². The van der Waals surface area contributed by atoms with Crippen LogP contribution in [0.15, 0.2) is 47.4 Å². The van der Waals surface area contributed by atoms with E-state index in [1.807, 2.05) is 25.1 Å². The van der Waals surface area contributed by atoms with Crippen molar-refractivity contribution in [2.75, 3.05) is 13.2 Å². The Morgan fingerprint density at radius 1 is 1.15 bits per heavy atom. The Labute approximate surface area is 158 Å². The minimum Gasteiger partial charge on any atom is -0.486 e. The van der Waals surface area contributed by atoms with Gasteiger partial charge in [0.2, 0.25) is 5.91 Å². The van der Waals surface area contributed by atoms with Crippen LogP contribution >= 0.6 is 11.8 Å². The lowest BCUT2D eigenvalue weighted by molar-refractivity contribution is -0.121. The highest BCUT2D eigenvalue weighted by molar-refractivity contribution is 8.00. The number of amides is 1. The first kappa shape index (κ1) is 17.3. The van der Waals surface area contributed by atoms with Crippen molar-refractivity contribution in [2.24, 2.45) is 0 Å². The Bertz CT molecular complexity index is 808. The first-order chi connectivity index (χ1) is 12.7. The summed E-state index contributed by atoms with van der Waals surface area (Å²) in [7, 11) is 0. The maximum atomic E-state index is 12.7. The summed E-state index contributed by atoms with van der Waals surface area (Å²) in [4.78, 5) is 13.7. The van der Waals surface area contributed by atoms with Crippen molar-refractivity contribution in [3.8, 4) is 11.5 Å². The van der Waals surface area contributed by atoms with Crippen LogP contribution in [-0.2, 0) is 11.2 Å². The molecule has 0 radical (unpaired) electrons. The number of hydrogen-bond acceptors (Lipinski definition) is 4. The van der Waals surface area contributed by atoms with Crippen LogP contribution in [0.5, 0.6) is 11.5 Å². The smallest absolute Gasteiger partial charge is 0.233 e. The topological polar surface area (TPSA) is 47.6 Å². The van der Waals surface area contributed by atoms with E-state index in [4.69, 9.17) is 9.47 Å². The van der Waals surface area contributed by atoms with Gasteiger partial charge in [0.05, 0.1) is 11.3 Å². The van der Waals surface area contributed by atoms with Gasteiger partial charge in [0.15, 0.2) is 11.5 Å². The maximum absolute atomic E-state index is 12.7. The lowest BCUT2D eigenvalue weighted by Crippen LogP contribution is -2.35. The standard InChI is InChI=1S/C21H23NO3S/c1-14(26-16-9-10-19-20(13-16)25-12-11-24-19)21(23)22-18-8-4-6-15-5-2-3-7-17(15)18/h2-3,5,7,9-10,13-14,18H,4,6,8,11-12H2,1H3,(H,22,23)/t14-,18-/m1/s1. The van der Waals surface area contributed by atoms with Gasteiger partial charge in [-0.2, -0.15) is 0 Å². The Kier molecular flexibility index (Phi) is 5.07. The summed E-state index contributed by atoms with van der Waals surface area (Å²) in [6, 6.07) is 14.4. The maximum Gasteiger partial charge on any atom is 0.233 e. The summed E-state index contributed by atoms with van der Waals surface area (Å²) in [5, 5.41) is 3.07. The highest BCUT2D eigenvalue weighted by Gasteiger charge is 2.24. The molecule has 1 aliphatic carbocycles. The third kappa shape index (κ3) is 3.68. The molecule has 2 aliphatic rings. The third-order valence-electron chi connectivity index (χ3n) is 4.88. The average molecular weight is 369 g/mol. The van der Waals surface area contributed by atoms with Crippen LogP contribution in [0.1, 0.15) is 36.9 Å². The molecule has 136 valence electrons. The monoisotopic (exact) mass is 369 g/mol. The second-order valence-corrected chi connectivity index (χ2v) is 8.13. The van der Waals surface area contributed by atoms with Crippen molar-refractivity contribution in [3.63, 3.8) is 0 Å². The summed E-state index contributed by atoms with van der Waals surface area (Å²) < 4.78 is 11.2. The van der Waals surface area contributed by atoms with Gasteiger partial charge in [-0.3, -0.25) is 4.79 Å². The third-order valence-corrected chi connectivity index (χ3v) is 5.98. The van der Waals surface area contributed by atoms with E-state index in [1.165, 1.54) is 11.1 Å². The summed E-state index contributed by atoms with van der Waals surface area (Å²) in [5.74, 6) is 1.61. The summed E-state index contributed by atoms with van der Waals surface area (Å²) in [6.45, 7) is 3.10. The zero-order valence-corrected chi connectivity index (χ0v) is 15.7. The van der Waals surface area contributed by atoms with Crippen LogP contribution in [0.2, 0.25) is 0 Å². The minimum atomic E-state index is -0.174. The van der Waals surface area contributed by atoms with E-state index >= 15 is 0 Å². The summed E-state index contributed by atoms with van der Waals surface area (Å²) in [5.41, 5.74) is 2.62. The number of rotatable bonds is 4. The van der Waals surface area contributed by atoms with Gasteiger partial charge in [0.1, 0.15) is 13.2 Å².